The number of rotatable bonds is 6. The van der Waals surface area contributed by atoms with Gasteiger partial charge in [0.2, 0.25) is 0 Å². The first-order valence-electron chi connectivity index (χ1n) is 9.33. The summed E-state index contributed by atoms with van der Waals surface area (Å²) in [6, 6.07) is 17.0. The number of esters is 1. The van der Waals surface area contributed by atoms with Gasteiger partial charge in [-0.25, -0.2) is 4.79 Å². The van der Waals surface area contributed by atoms with Crippen molar-refractivity contribution in [3.8, 4) is 6.07 Å². The number of carbonyl (C=O) groups excluding carboxylic acids is 3. The Morgan fingerprint density at radius 3 is 2.39 bits per heavy atom. The number of anilines is 2. The Morgan fingerprint density at radius 2 is 1.68 bits per heavy atom. The van der Waals surface area contributed by atoms with Crippen molar-refractivity contribution in [2.75, 3.05) is 17.2 Å². The first-order valence-corrected chi connectivity index (χ1v) is 10.1. The summed E-state index contributed by atoms with van der Waals surface area (Å²) in [5.74, 6) is -1.68. The van der Waals surface area contributed by atoms with Crippen molar-refractivity contribution in [3.63, 3.8) is 0 Å². The van der Waals surface area contributed by atoms with Gasteiger partial charge in [0.15, 0.2) is 6.61 Å². The molecule has 31 heavy (non-hydrogen) atoms. The van der Waals surface area contributed by atoms with Crippen LogP contribution in [0.15, 0.2) is 54.6 Å². The minimum Gasteiger partial charge on any atom is -0.452 e. The minimum atomic E-state index is -0.752. The van der Waals surface area contributed by atoms with E-state index in [0.717, 1.165) is 10.4 Å². The van der Waals surface area contributed by atoms with Crippen molar-refractivity contribution in [3.05, 3.63) is 81.7 Å². The Morgan fingerprint density at radius 1 is 1.00 bits per heavy atom. The third kappa shape index (κ3) is 5.15. The molecular weight excluding hydrogens is 414 g/mol. The second-order valence-corrected chi connectivity index (χ2v) is 7.81. The quantitative estimate of drug-likeness (QED) is 0.564. The van der Waals surface area contributed by atoms with Gasteiger partial charge in [-0.3, -0.25) is 9.59 Å². The van der Waals surface area contributed by atoms with E-state index in [2.05, 4.69) is 16.7 Å². The summed E-state index contributed by atoms with van der Waals surface area (Å²) < 4.78 is 5.12. The molecule has 0 saturated carbocycles. The number of benzene rings is 2. The topological polar surface area (TPSA) is 108 Å². The number of hydrogen-bond donors (Lipinski definition) is 2. The summed E-state index contributed by atoms with van der Waals surface area (Å²) >= 11 is 1.29. The molecule has 8 heteroatoms. The number of nitrogens with zero attached hydrogens (tertiary/aromatic N) is 1. The van der Waals surface area contributed by atoms with E-state index < -0.39 is 18.5 Å². The van der Waals surface area contributed by atoms with E-state index in [9.17, 15) is 19.6 Å². The van der Waals surface area contributed by atoms with Crippen molar-refractivity contribution in [2.24, 2.45) is 0 Å². The number of ether oxygens (including phenoxy) is 1. The predicted octanol–water partition coefficient (Wildman–Crippen LogP) is 4.28. The van der Waals surface area contributed by atoms with Crippen LogP contribution in [0.3, 0.4) is 0 Å². The molecule has 0 unspecified atom stereocenters. The smallest absolute Gasteiger partial charge is 0.340 e. The van der Waals surface area contributed by atoms with Crippen LogP contribution in [0.25, 0.3) is 0 Å². The monoisotopic (exact) mass is 433 g/mol. The number of para-hydroxylation sites is 1. The Balaban J connectivity index is 1.65. The zero-order chi connectivity index (χ0) is 22.4. The number of nitriles is 1. The molecule has 1 heterocycles. The molecule has 0 aliphatic carbocycles. The molecule has 1 aromatic heterocycles. The highest BCUT2D eigenvalue weighted by atomic mass is 32.1. The van der Waals surface area contributed by atoms with Gasteiger partial charge < -0.3 is 15.4 Å². The lowest BCUT2D eigenvalue weighted by molar-refractivity contribution is -0.119. The van der Waals surface area contributed by atoms with Crippen molar-refractivity contribution < 1.29 is 19.1 Å². The van der Waals surface area contributed by atoms with Crippen LogP contribution < -0.4 is 10.6 Å². The fourth-order valence-electron chi connectivity index (χ4n) is 2.78. The maximum absolute atomic E-state index is 12.5. The molecule has 3 rings (SSSR count). The fraction of sp³-hybridized carbons (Fsp3) is 0.130. The molecule has 0 fully saturated rings. The maximum atomic E-state index is 12.5. The van der Waals surface area contributed by atoms with Crippen LogP contribution >= 0.6 is 11.3 Å². The normalized spacial score (nSPS) is 10.1. The van der Waals surface area contributed by atoms with Crippen LogP contribution in [0.4, 0.5) is 10.7 Å². The standard InChI is InChI=1S/C23H19N3O4S/c1-14-15(2)31-22(18(14)12-24)26-20(27)13-30-23(29)17-10-6-7-11-19(17)25-21(28)16-8-4-3-5-9-16/h3-11H,13H2,1-2H3,(H,25,28)(H,26,27). The average Bonchev–Trinajstić information content (AvgIpc) is 3.05. The number of aryl methyl sites for hydroxylation is 1. The molecule has 0 saturated heterocycles. The zero-order valence-electron chi connectivity index (χ0n) is 16.9. The Kier molecular flexibility index (Phi) is 6.80. The van der Waals surface area contributed by atoms with Gasteiger partial charge in [-0.05, 0) is 43.7 Å². The summed E-state index contributed by atoms with van der Waals surface area (Å²) in [4.78, 5) is 38.1. The summed E-state index contributed by atoms with van der Waals surface area (Å²) in [6.45, 7) is 3.14. The van der Waals surface area contributed by atoms with Crippen molar-refractivity contribution in [1.82, 2.24) is 0 Å². The Labute approximate surface area is 183 Å². The maximum Gasteiger partial charge on any atom is 0.340 e. The van der Waals surface area contributed by atoms with Crippen LogP contribution in [0, 0.1) is 25.2 Å². The van der Waals surface area contributed by atoms with Gasteiger partial charge in [-0.2, -0.15) is 5.26 Å². The molecule has 7 nitrogen and oxygen atoms in total. The third-order valence-corrected chi connectivity index (χ3v) is 5.64. The minimum absolute atomic E-state index is 0.125. The highest BCUT2D eigenvalue weighted by molar-refractivity contribution is 7.16. The Hall–Kier alpha value is -3.96. The van der Waals surface area contributed by atoms with Crippen LogP contribution in [0.1, 0.15) is 36.7 Å². The van der Waals surface area contributed by atoms with Gasteiger partial charge in [-0.1, -0.05) is 30.3 Å². The van der Waals surface area contributed by atoms with Gasteiger partial charge in [0.05, 0.1) is 16.8 Å². The molecule has 0 radical (unpaired) electrons. The SMILES string of the molecule is Cc1sc(NC(=O)COC(=O)c2ccccc2NC(=O)c2ccccc2)c(C#N)c1C. The number of nitrogens with one attached hydrogen (secondary N) is 2. The summed E-state index contributed by atoms with van der Waals surface area (Å²) in [6.07, 6.45) is 0. The van der Waals surface area contributed by atoms with E-state index in [1.165, 1.54) is 17.4 Å². The van der Waals surface area contributed by atoms with Gasteiger partial charge in [-0.15, -0.1) is 11.3 Å². The van der Waals surface area contributed by atoms with E-state index in [0.29, 0.717) is 16.1 Å². The number of thiophene rings is 1. The highest BCUT2D eigenvalue weighted by Crippen LogP contribution is 2.31. The molecule has 3 aromatic rings. The van der Waals surface area contributed by atoms with Crippen LogP contribution in [0.2, 0.25) is 0 Å². The molecule has 2 amide bonds. The predicted molar refractivity (Wildman–Crippen MR) is 118 cm³/mol. The summed E-state index contributed by atoms with van der Waals surface area (Å²) in [7, 11) is 0. The fourth-order valence-corrected chi connectivity index (χ4v) is 3.80. The molecule has 2 N–H and O–H groups in total. The van der Waals surface area contributed by atoms with Gasteiger partial charge >= 0.3 is 5.97 Å². The largest absolute Gasteiger partial charge is 0.452 e. The lowest BCUT2D eigenvalue weighted by Crippen LogP contribution is -2.22. The summed E-state index contributed by atoms with van der Waals surface area (Å²) in [5.41, 5.74) is 2.05. The number of amides is 2. The lowest BCUT2D eigenvalue weighted by Gasteiger charge is -2.11. The molecule has 0 bridgehead atoms. The molecule has 0 spiro atoms. The summed E-state index contributed by atoms with van der Waals surface area (Å²) in [5, 5.41) is 15.0. The van der Waals surface area contributed by atoms with Gasteiger partial charge in [0.25, 0.3) is 11.8 Å². The van der Waals surface area contributed by atoms with Crippen molar-refractivity contribution in [2.45, 2.75) is 13.8 Å². The number of carbonyl (C=O) groups is 3. The van der Waals surface area contributed by atoms with Crippen LogP contribution in [-0.2, 0) is 9.53 Å². The van der Waals surface area contributed by atoms with E-state index in [4.69, 9.17) is 4.74 Å². The van der Waals surface area contributed by atoms with Crippen molar-refractivity contribution >= 4 is 39.8 Å². The zero-order valence-corrected chi connectivity index (χ0v) is 17.7. The second-order valence-electron chi connectivity index (χ2n) is 6.59. The van der Waals surface area contributed by atoms with Crippen LogP contribution in [0.5, 0.6) is 0 Å². The third-order valence-electron chi connectivity index (χ3n) is 4.52. The number of hydrogen-bond acceptors (Lipinski definition) is 6. The Bertz CT molecular complexity index is 1180. The highest BCUT2D eigenvalue weighted by Gasteiger charge is 2.18. The molecule has 2 aromatic carbocycles. The molecular formula is C23H19N3O4S. The van der Waals surface area contributed by atoms with Crippen molar-refractivity contribution in [1.29, 1.82) is 5.26 Å². The second kappa shape index (κ2) is 9.69. The average molecular weight is 433 g/mol. The molecule has 0 aliphatic rings. The van der Waals surface area contributed by atoms with E-state index in [1.807, 2.05) is 6.92 Å². The lowest BCUT2D eigenvalue weighted by atomic mass is 10.1. The molecule has 0 aliphatic heterocycles. The first kappa shape index (κ1) is 21.7. The van der Waals surface area contributed by atoms with E-state index in [1.54, 1.807) is 55.5 Å². The molecule has 156 valence electrons. The van der Waals surface area contributed by atoms with Gasteiger partial charge in [0.1, 0.15) is 11.1 Å². The van der Waals surface area contributed by atoms with E-state index >= 15 is 0 Å². The molecule has 0 atom stereocenters. The first-order chi connectivity index (χ1) is 14.9. The van der Waals surface area contributed by atoms with Crippen LogP contribution in [-0.4, -0.2) is 24.4 Å². The van der Waals surface area contributed by atoms with Gasteiger partial charge in [0, 0.05) is 10.4 Å². The van der Waals surface area contributed by atoms with E-state index in [-0.39, 0.29) is 17.2 Å².